The monoisotopic (exact) mass is 580 g/mol. The van der Waals surface area contributed by atoms with Crippen LogP contribution in [0.5, 0.6) is 5.75 Å². The van der Waals surface area contributed by atoms with Gasteiger partial charge in [0, 0.05) is 42.6 Å². The summed E-state index contributed by atoms with van der Waals surface area (Å²) in [6, 6.07) is 26.3. The van der Waals surface area contributed by atoms with Crippen molar-refractivity contribution in [2.75, 3.05) is 36.5 Å². The van der Waals surface area contributed by atoms with Gasteiger partial charge in [0.25, 0.3) is 11.8 Å². The molecule has 0 bridgehead atoms. The molecule has 42 heavy (non-hydrogen) atoms. The Morgan fingerprint density at radius 3 is 2.64 bits per heavy atom. The van der Waals surface area contributed by atoms with Crippen molar-refractivity contribution < 1.29 is 14.3 Å². The number of aromatic nitrogens is 3. The van der Waals surface area contributed by atoms with E-state index in [0.717, 1.165) is 36.3 Å². The number of pyridine rings is 1. The number of nitrogens with one attached hydrogen (secondary N) is 2. The highest BCUT2D eigenvalue weighted by Gasteiger charge is 2.22. The van der Waals surface area contributed by atoms with Gasteiger partial charge in [-0.05, 0) is 54.4 Å². The SMILES string of the molecule is O=C(NCCCN1CCOc2cc(NC(=O)c3nc4ccc(Cl)cc4n3Cc3ccccc3)ccc21)c1ccccn1. The molecule has 0 atom stereocenters. The zero-order chi connectivity index (χ0) is 28.9. The summed E-state index contributed by atoms with van der Waals surface area (Å²) >= 11 is 6.29. The number of fused-ring (bicyclic) bond motifs is 2. The summed E-state index contributed by atoms with van der Waals surface area (Å²) in [7, 11) is 0. The number of nitrogens with zero attached hydrogens (tertiary/aromatic N) is 4. The molecule has 1 aliphatic rings. The normalized spacial score (nSPS) is 12.5. The zero-order valence-corrected chi connectivity index (χ0v) is 23.6. The molecular weight excluding hydrogens is 552 g/mol. The summed E-state index contributed by atoms with van der Waals surface area (Å²) in [5.41, 5.74) is 4.49. The number of rotatable bonds is 9. The fourth-order valence-corrected chi connectivity index (χ4v) is 5.20. The lowest BCUT2D eigenvalue weighted by Crippen LogP contribution is -2.35. The second kappa shape index (κ2) is 12.3. The van der Waals surface area contributed by atoms with Crippen LogP contribution in [0.15, 0.2) is 91.1 Å². The number of carbonyl (C=O) groups excluding carboxylic acids is 2. The maximum absolute atomic E-state index is 13.5. The predicted molar refractivity (Wildman–Crippen MR) is 164 cm³/mol. The van der Waals surface area contributed by atoms with Gasteiger partial charge in [0.15, 0.2) is 0 Å². The van der Waals surface area contributed by atoms with Gasteiger partial charge in [-0.15, -0.1) is 0 Å². The van der Waals surface area contributed by atoms with Crippen molar-refractivity contribution in [1.82, 2.24) is 19.9 Å². The van der Waals surface area contributed by atoms with Gasteiger partial charge in [-0.1, -0.05) is 48.0 Å². The van der Waals surface area contributed by atoms with Crippen LogP contribution in [0.25, 0.3) is 11.0 Å². The van der Waals surface area contributed by atoms with E-state index in [4.69, 9.17) is 16.3 Å². The zero-order valence-electron chi connectivity index (χ0n) is 22.8. The van der Waals surface area contributed by atoms with E-state index in [9.17, 15) is 9.59 Å². The third kappa shape index (κ3) is 6.06. The van der Waals surface area contributed by atoms with Gasteiger partial charge >= 0.3 is 0 Å². The molecule has 10 heteroatoms. The highest BCUT2D eigenvalue weighted by molar-refractivity contribution is 6.31. The van der Waals surface area contributed by atoms with Crippen molar-refractivity contribution in [2.24, 2.45) is 0 Å². The molecule has 2 N–H and O–H groups in total. The summed E-state index contributed by atoms with van der Waals surface area (Å²) in [5.74, 6) is 0.485. The second-order valence-electron chi connectivity index (χ2n) is 9.94. The molecule has 6 rings (SSSR count). The van der Waals surface area contributed by atoms with Gasteiger partial charge in [-0.2, -0.15) is 0 Å². The topological polar surface area (TPSA) is 101 Å². The van der Waals surface area contributed by atoms with Crippen LogP contribution < -0.4 is 20.3 Å². The minimum absolute atomic E-state index is 0.182. The number of benzene rings is 3. The molecule has 9 nitrogen and oxygen atoms in total. The predicted octanol–water partition coefficient (Wildman–Crippen LogP) is 5.40. The first-order valence-corrected chi connectivity index (χ1v) is 14.1. The van der Waals surface area contributed by atoms with Crippen molar-refractivity contribution >= 4 is 45.8 Å². The molecule has 0 aliphatic carbocycles. The average molecular weight is 581 g/mol. The van der Waals surface area contributed by atoms with Gasteiger partial charge in [0.05, 0.1) is 23.3 Å². The van der Waals surface area contributed by atoms with E-state index in [2.05, 4.69) is 25.5 Å². The summed E-state index contributed by atoms with van der Waals surface area (Å²) in [6.45, 7) is 3.02. The van der Waals surface area contributed by atoms with E-state index in [1.807, 2.05) is 65.2 Å². The van der Waals surface area contributed by atoms with Gasteiger partial charge in [0.2, 0.25) is 5.82 Å². The first kappa shape index (κ1) is 27.3. The number of hydrogen-bond donors (Lipinski definition) is 2. The summed E-state index contributed by atoms with van der Waals surface area (Å²) in [6.07, 6.45) is 2.37. The van der Waals surface area contributed by atoms with E-state index >= 15 is 0 Å². The Balaban J connectivity index is 1.14. The van der Waals surface area contributed by atoms with Crippen LogP contribution in [0.2, 0.25) is 5.02 Å². The summed E-state index contributed by atoms with van der Waals surface area (Å²) < 4.78 is 7.83. The van der Waals surface area contributed by atoms with Crippen LogP contribution in [-0.4, -0.2) is 52.6 Å². The number of hydrogen-bond acceptors (Lipinski definition) is 6. The van der Waals surface area contributed by atoms with E-state index in [-0.39, 0.29) is 11.8 Å². The van der Waals surface area contributed by atoms with Gasteiger partial charge < -0.3 is 24.8 Å². The average Bonchev–Trinajstić information content (AvgIpc) is 3.37. The van der Waals surface area contributed by atoms with Crippen LogP contribution in [-0.2, 0) is 6.54 Å². The highest BCUT2D eigenvalue weighted by Crippen LogP contribution is 2.34. The molecule has 0 unspecified atom stereocenters. The lowest BCUT2D eigenvalue weighted by Gasteiger charge is -2.31. The molecule has 1 aliphatic heterocycles. The first-order valence-electron chi connectivity index (χ1n) is 13.8. The van der Waals surface area contributed by atoms with Crippen molar-refractivity contribution in [2.45, 2.75) is 13.0 Å². The van der Waals surface area contributed by atoms with Crippen LogP contribution in [0.4, 0.5) is 11.4 Å². The number of carbonyl (C=O) groups is 2. The Hall–Kier alpha value is -4.89. The molecule has 0 saturated heterocycles. The smallest absolute Gasteiger partial charge is 0.291 e. The number of imidazole rings is 1. The van der Waals surface area contributed by atoms with Gasteiger partial charge in [-0.25, -0.2) is 4.98 Å². The molecule has 0 spiro atoms. The number of anilines is 2. The van der Waals surface area contributed by atoms with Crippen molar-refractivity contribution in [1.29, 1.82) is 0 Å². The van der Waals surface area contributed by atoms with E-state index in [0.29, 0.717) is 53.2 Å². The Morgan fingerprint density at radius 2 is 1.81 bits per heavy atom. The number of amides is 2. The molecule has 212 valence electrons. The maximum Gasteiger partial charge on any atom is 0.291 e. The molecular formula is C32H29ClN6O3. The van der Waals surface area contributed by atoms with Crippen molar-refractivity contribution in [3.05, 3.63) is 113 Å². The largest absolute Gasteiger partial charge is 0.489 e. The lowest BCUT2D eigenvalue weighted by molar-refractivity contribution is 0.0947. The molecule has 0 radical (unpaired) electrons. The van der Waals surface area contributed by atoms with Crippen LogP contribution >= 0.6 is 11.6 Å². The molecule has 2 amide bonds. The highest BCUT2D eigenvalue weighted by atomic mass is 35.5. The molecule has 0 saturated carbocycles. The van der Waals surface area contributed by atoms with Crippen molar-refractivity contribution in [3.8, 4) is 5.75 Å². The Labute approximate surface area is 248 Å². The Bertz CT molecular complexity index is 1730. The molecule has 0 fully saturated rings. The number of ether oxygens (including phenoxy) is 1. The fraction of sp³-hybridized carbons (Fsp3) is 0.188. The fourth-order valence-electron chi connectivity index (χ4n) is 5.03. The van der Waals surface area contributed by atoms with Gasteiger partial charge in [0.1, 0.15) is 18.1 Å². The van der Waals surface area contributed by atoms with E-state index < -0.39 is 0 Å². The second-order valence-corrected chi connectivity index (χ2v) is 10.4. The van der Waals surface area contributed by atoms with Gasteiger partial charge in [-0.3, -0.25) is 14.6 Å². The minimum Gasteiger partial charge on any atom is -0.489 e. The molecule has 3 aromatic carbocycles. The van der Waals surface area contributed by atoms with Crippen molar-refractivity contribution in [3.63, 3.8) is 0 Å². The standard InChI is InChI=1S/C32H29ClN6O3/c33-23-10-12-25-28(19-23)39(21-22-7-2-1-3-8-22)30(37-25)32(41)36-24-11-13-27-29(20-24)42-18-17-38(27)16-6-15-35-31(40)26-9-4-5-14-34-26/h1-5,7-14,19-20H,6,15-18,21H2,(H,35,40)(H,36,41). The van der Waals surface area contributed by atoms with Crippen LogP contribution in [0.1, 0.15) is 33.1 Å². The summed E-state index contributed by atoms with van der Waals surface area (Å²) in [4.78, 5) is 36.7. The maximum atomic E-state index is 13.5. The Morgan fingerprint density at radius 1 is 0.952 bits per heavy atom. The minimum atomic E-state index is -0.325. The third-order valence-electron chi connectivity index (χ3n) is 7.06. The lowest BCUT2D eigenvalue weighted by atomic mass is 10.2. The number of halogens is 1. The summed E-state index contributed by atoms with van der Waals surface area (Å²) in [5, 5.41) is 6.50. The van der Waals surface area contributed by atoms with E-state index in [1.165, 1.54) is 0 Å². The third-order valence-corrected chi connectivity index (χ3v) is 7.30. The van der Waals surface area contributed by atoms with E-state index in [1.54, 1.807) is 30.5 Å². The molecule has 2 aromatic heterocycles. The quantitative estimate of drug-likeness (QED) is 0.226. The first-order chi connectivity index (χ1) is 20.5. The Kier molecular flexibility index (Phi) is 8.00. The van der Waals surface area contributed by atoms with Crippen LogP contribution in [0.3, 0.4) is 0 Å². The van der Waals surface area contributed by atoms with Crippen LogP contribution in [0, 0.1) is 0 Å². The molecule has 3 heterocycles. The molecule has 5 aromatic rings.